The standard InChI is InChI=1S/C15H15N3O2/c1-9-2-4-12(11(16)6-9)17-8-10-3-5-13-14(7-10)20-15(19)18-13/h2-7,17H,8,16H2,1H3,(H,18,19). The van der Waals surface area contributed by atoms with Crippen LogP contribution in [0.5, 0.6) is 0 Å². The largest absolute Gasteiger partial charge is 0.417 e. The predicted molar refractivity (Wildman–Crippen MR) is 79.8 cm³/mol. The zero-order valence-corrected chi connectivity index (χ0v) is 11.1. The van der Waals surface area contributed by atoms with E-state index in [2.05, 4.69) is 10.3 Å². The number of benzene rings is 2. The number of nitrogen functional groups attached to an aromatic ring is 1. The summed E-state index contributed by atoms with van der Waals surface area (Å²) in [6, 6.07) is 11.5. The summed E-state index contributed by atoms with van der Waals surface area (Å²) in [5.74, 6) is -0.437. The minimum Gasteiger partial charge on any atom is -0.408 e. The lowest BCUT2D eigenvalue weighted by Crippen LogP contribution is -2.02. The average molecular weight is 269 g/mol. The Morgan fingerprint density at radius 1 is 1.25 bits per heavy atom. The summed E-state index contributed by atoms with van der Waals surface area (Å²) in [6.07, 6.45) is 0. The van der Waals surface area contributed by atoms with Crippen LogP contribution in [0.2, 0.25) is 0 Å². The van der Waals surface area contributed by atoms with Gasteiger partial charge in [0.25, 0.3) is 0 Å². The molecule has 102 valence electrons. The third-order valence-corrected chi connectivity index (χ3v) is 3.18. The first-order valence-corrected chi connectivity index (χ1v) is 6.33. The zero-order chi connectivity index (χ0) is 14.1. The second-order valence-corrected chi connectivity index (χ2v) is 4.79. The molecule has 4 N–H and O–H groups in total. The highest BCUT2D eigenvalue weighted by molar-refractivity contribution is 5.73. The number of H-pyrrole nitrogens is 1. The fourth-order valence-corrected chi connectivity index (χ4v) is 2.14. The molecule has 0 saturated heterocycles. The molecule has 2 aromatic carbocycles. The van der Waals surface area contributed by atoms with Gasteiger partial charge >= 0.3 is 5.76 Å². The van der Waals surface area contributed by atoms with Gasteiger partial charge in [0, 0.05) is 6.54 Å². The smallest absolute Gasteiger partial charge is 0.408 e. The Balaban J connectivity index is 1.80. The van der Waals surface area contributed by atoms with E-state index in [0.29, 0.717) is 17.6 Å². The van der Waals surface area contributed by atoms with Gasteiger partial charge in [0.15, 0.2) is 5.58 Å². The Morgan fingerprint density at radius 2 is 2.10 bits per heavy atom. The summed E-state index contributed by atoms with van der Waals surface area (Å²) in [5, 5.41) is 3.27. The molecule has 3 aromatic rings. The van der Waals surface area contributed by atoms with Crippen molar-refractivity contribution in [2.45, 2.75) is 13.5 Å². The van der Waals surface area contributed by atoms with E-state index in [0.717, 1.165) is 22.5 Å². The first-order chi connectivity index (χ1) is 9.61. The van der Waals surface area contributed by atoms with Crippen LogP contribution in [0.3, 0.4) is 0 Å². The molecule has 0 aliphatic carbocycles. The first kappa shape index (κ1) is 12.3. The lowest BCUT2D eigenvalue weighted by atomic mass is 10.1. The Labute approximate surface area is 115 Å². The first-order valence-electron chi connectivity index (χ1n) is 6.33. The zero-order valence-electron chi connectivity index (χ0n) is 11.1. The van der Waals surface area contributed by atoms with Crippen molar-refractivity contribution < 1.29 is 4.42 Å². The lowest BCUT2D eigenvalue weighted by molar-refractivity contribution is 0.555. The second-order valence-electron chi connectivity index (χ2n) is 4.79. The molecule has 3 rings (SSSR count). The number of fused-ring (bicyclic) bond motifs is 1. The van der Waals surface area contributed by atoms with E-state index in [1.807, 2.05) is 43.3 Å². The van der Waals surface area contributed by atoms with Gasteiger partial charge in [-0.2, -0.15) is 0 Å². The van der Waals surface area contributed by atoms with Gasteiger partial charge in [-0.1, -0.05) is 12.1 Å². The van der Waals surface area contributed by atoms with Gasteiger partial charge < -0.3 is 15.5 Å². The number of oxazole rings is 1. The van der Waals surface area contributed by atoms with E-state index >= 15 is 0 Å². The molecular formula is C15H15N3O2. The van der Waals surface area contributed by atoms with Gasteiger partial charge in [-0.3, -0.25) is 4.98 Å². The predicted octanol–water partition coefficient (Wildman–Crippen LogP) is 2.62. The van der Waals surface area contributed by atoms with Crippen LogP contribution < -0.4 is 16.8 Å². The Kier molecular flexibility index (Phi) is 2.95. The fourth-order valence-electron chi connectivity index (χ4n) is 2.14. The normalized spacial score (nSPS) is 10.8. The highest BCUT2D eigenvalue weighted by Crippen LogP contribution is 2.21. The molecule has 0 radical (unpaired) electrons. The number of anilines is 2. The van der Waals surface area contributed by atoms with E-state index in [9.17, 15) is 4.79 Å². The Bertz CT molecular complexity index is 817. The molecule has 0 fully saturated rings. The third kappa shape index (κ3) is 2.38. The van der Waals surface area contributed by atoms with Crippen molar-refractivity contribution in [2.75, 3.05) is 11.1 Å². The molecule has 0 atom stereocenters. The minimum absolute atomic E-state index is 0.437. The molecule has 1 aromatic heterocycles. The number of nitrogens with two attached hydrogens (primary N) is 1. The van der Waals surface area contributed by atoms with Crippen LogP contribution in [0.1, 0.15) is 11.1 Å². The Morgan fingerprint density at radius 3 is 2.90 bits per heavy atom. The number of aromatic nitrogens is 1. The van der Waals surface area contributed by atoms with Crippen LogP contribution in [-0.4, -0.2) is 4.98 Å². The molecule has 0 aliphatic heterocycles. The molecule has 0 aliphatic rings. The molecule has 5 heteroatoms. The number of hydrogen-bond donors (Lipinski definition) is 3. The van der Waals surface area contributed by atoms with E-state index in [4.69, 9.17) is 10.2 Å². The second kappa shape index (κ2) is 4.77. The van der Waals surface area contributed by atoms with Crippen molar-refractivity contribution >= 4 is 22.5 Å². The summed E-state index contributed by atoms with van der Waals surface area (Å²) in [4.78, 5) is 13.7. The fraction of sp³-hybridized carbons (Fsp3) is 0.133. The topological polar surface area (TPSA) is 84.0 Å². The van der Waals surface area contributed by atoms with Gasteiger partial charge in [0.1, 0.15) is 0 Å². The van der Waals surface area contributed by atoms with E-state index in [1.54, 1.807) is 0 Å². The lowest BCUT2D eigenvalue weighted by Gasteiger charge is -2.10. The van der Waals surface area contributed by atoms with Crippen molar-refractivity contribution in [3.8, 4) is 0 Å². The average Bonchev–Trinajstić information content (AvgIpc) is 2.77. The van der Waals surface area contributed by atoms with Crippen molar-refractivity contribution in [2.24, 2.45) is 0 Å². The molecule has 1 heterocycles. The summed E-state index contributed by atoms with van der Waals surface area (Å²) >= 11 is 0. The molecule has 0 bridgehead atoms. The van der Waals surface area contributed by atoms with Crippen LogP contribution in [-0.2, 0) is 6.54 Å². The van der Waals surface area contributed by atoms with Crippen LogP contribution >= 0.6 is 0 Å². The number of rotatable bonds is 3. The van der Waals surface area contributed by atoms with Gasteiger partial charge in [0.2, 0.25) is 0 Å². The number of nitrogens with one attached hydrogen (secondary N) is 2. The van der Waals surface area contributed by atoms with Crippen LogP contribution in [0.15, 0.2) is 45.6 Å². The van der Waals surface area contributed by atoms with Crippen molar-refractivity contribution in [3.63, 3.8) is 0 Å². The molecular weight excluding hydrogens is 254 g/mol. The van der Waals surface area contributed by atoms with Crippen molar-refractivity contribution in [3.05, 3.63) is 58.1 Å². The van der Waals surface area contributed by atoms with Gasteiger partial charge in [0.05, 0.1) is 16.9 Å². The Hall–Kier alpha value is -2.69. The maximum Gasteiger partial charge on any atom is 0.417 e. The molecule has 0 saturated carbocycles. The third-order valence-electron chi connectivity index (χ3n) is 3.18. The highest BCUT2D eigenvalue weighted by Gasteiger charge is 2.03. The van der Waals surface area contributed by atoms with Crippen LogP contribution in [0.25, 0.3) is 11.1 Å². The summed E-state index contributed by atoms with van der Waals surface area (Å²) in [6.45, 7) is 2.61. The van der Waals surface area contributed by atoms with Crippen LogP contribution in [0, 0.1) is 6.92 Å². The molecule has 0 spiro atoms. The minimum atomic E-state index is -0.437. The maximum absolute atomic E-state index is 11.1. The van der Waals surface area contributed by atoms with Gasteiger partial charge in [-0.05, 0) is 42.3 Å². The quantitative estimate of drug-likeness (QED) is 0.638. The molecule has 20 heavy (non-hydrogen) atoms. The monoisotopic (exact) mass is 269 g/mol. The van der Waals surface area contributed by atoms with E-state index < -0.39 is 5.76 Å². The summed E-state index contributed by atoms with van der Waals surface area (Å²) < 4.78 is 5.04. The number of hydrogen-bond acceptors (Lipinski definition) is 4. The SMILES string of the molecule is Cc1ccc(NCc2ccc3[nH]c(=O)oc3c2)c(N)c1. The number of aryl methyl sites for hydroxylation is 1. The summed E-state index contributed by atoms with van der Waals surface area (Å²) in [7, 11) is 0. The summed E-state index contributed by atoms with van der Waals surface area (Å²) in [5.41, 5.74) is 11.0. The van der Waals surface area contributed by atoms with E-state index in [-0.39, 0.29) is 0 Å². The van der Waals surface area contributed by atoms with Gasteiger partial charge in [-0.15, -0.1) is 0 Å². The number of aromatic amines is 1. The van der Waals surface area contributed by atoms with Crippen molar-refractivity contribution in [1.82, 2.24) is 4.98 Å². The van der Waals surface area contributed by atoms with Crippen molar-refractivity contribution in [1.29, 1.82) is 0 Å². The molecule has 5 nitrogen and oxygen atoms in total. The molecule has 0 unspecified atom stereocenters. The molecule has 0 amide bonds. The van der Waals surface area contributed by atoms with Crippen LogP contribution in [0.4, 0.5) is 11.4 Å². The van der Waals surface area contributed by atoms with Gasteiger partial charge in [-0.25, -0.2) is 4.79 Å². The maximum atomic E-state index is 11.1. The highest BCUT2D eigenvalue weighted by atomic mass is 16.4. The van der Waals surface area contributed by atoms with E-state index in [1.165, 1.54) is 0 Å².